The average Bonchev–Trinajstić information content (AvgIpc) is 2.94. The second-order valence-corrected chi connectivity index (χ2v) is 6.08. The normalized spacial score (nSPS) is 21.2. The van der Waals surface area contributed by atoms with E-state index in [1.54, 1.807) is 0 Å². The highest BCUT2D eigenvalue weighted by Gasteiger charge is 2.45. The number of aliphatic carboxylic acids is 1. The third-order valence-corrected chi connectivity index (χ3v) is 5.00. The minimum Gasteiger partial charge on any atom is -0.481 e. The standard InChI is InChI=1S/C16H25NO2.2C2H6.CH3F/c1-4-13-12(10-15(18)19)11-16(14(13)5-2)6-8-17(3)9-7-16;3*1-2/h5,12H,2,4,6-11H2,1,3H3,(H,18,19);2*1-2H3;1H3. The molecule has 0 saturated carbocycles. The van der Waals surface area contributed by atoms with E-state index >= 15 is 0 Å². The molecule has 1 N–H and O–H groups in total. The first-order chi connectivity index (χ1) is 12.0. The van der Waals surface area contributed by atoms with Crippen molar-refractivity contribution in [2.75, 3.05) is 27.3 Å². The van der Waals surface area contributed by atoms with Gasteiger partial charge >= 0.3 is 5.97 Å². The number of carboxylic acid groups (broad SMARTS) is 1. The summed E-state index contributed by atoms with van der Waals surface area (Å²) in [5.74, 6) is -0.455. The van der Waals surface area contributed by atoms with Crippen LogP contribution in [0, 0.1) is 11.3 Å². The van der Waals surface area contributed by atoms with Crippen molar-refractivity contribution in [2.45, 2.75) is 66.7 Å². The van der Waals surface area contributed by atoms with Crippen LogP contribution in [-0.2, 0) is 4.79 Å². The highest BCUT2D eigenvalue weighted by Crippen LogP contribution is 2.54. The Morgan fingerprint density at radius 3 is 2.12 bits per heavy atom. The number of nitrogens with zero attached hydrogens (tertiary/aromatic N) is 1. The van der Waals surface area contributed by atoms with Crippen molar-refractivity contribution in [3.63, 3.8) is 0 Å². The molecule has 148 valence electrons. The number of allylic oxidation sites excluding steroid dienone is 3. The molecule has 25 heavy (non-hydrogen) atoms. The molecule has 1 aliphatic carbocycles. The third-order valence-electron chi connectivity index (χ3n) is 5.00. The predicted octanol–water partition coefficient (Wildman–Crippen LogP) is 5.72. The summed E-state index contributed by atoms with van der Waals surface area (Å²) in [6.45, 7) is 16.4. The van der Waals surface area contributed by atoms with Crippen molar-refractivity contribution in [3.8, 4) is 0 Å². The molecule has 1 heterocycles. The molecule has 0 aromatic rings. The minimum absolute atomic E-state index is 0.208. The van der Waals surface area contributed by atoms with Crippen molar-refractivity contribution in [2.24, 2.45) is 11.3 Å². The van der Waals surface area contributed by atoms with Gasteiger partial charge in [-0.15, -0.1) is 0 Å². The van der Waals surface area contributed by atoms with Crippen LogP contribution in [0.2, 0.25) is 0 Å². The maximum atomic E-state index is 11.1. The van der Waals surface area contributed by atoms with Gasteiger partial charge in [0.2, 0.25) is 0 Å². The lowest BCUT2D eigenvalue weighted by Crippen LogP contribution is -2.38. The summed E-state index contributed by atoms with van der Waals surface area (Å²) < 4.78 is 9.50. The number of rotatable bonds is 4. The Morgan fingerprint density at radius 1 is 1.28 bits per heavy atom. The summed E-state index contributed by atoms with van der Waals surface area (Å²) >= 11 is 0. The van der Waals surface area contributed by atoms with E-state index in [4.69, 9.17) is 5.11 Å². The first kappa shape index (κ1) is 26.1. The van der Waals surface area contributed by atoms with Crippen LogP contribution in [-0.4, -0.2) is 43.3 Å². The molecule has 0 bridgehead atoms. The largest absolute Gasteiger partial charge is 0.481 e. The Labute approximate surface area is 155 Å². The van der Waals surface area contributed by atoms with E-state index in [2.05, 4.69) is 25.5 Å². The van der Waals surface area contributed by atoms with Crippen LogP contribution in [0.4, 0.5) is 4.39 Å². The maximum Gasteiger partial charge on any atom is 0.303 e. The molecule has 0 aromatic heterocycles. The van der Waals surface area contributed by atoms with Gasteiger partial charge in [0.15, 0.2) is 0 Å². The second-order valence-electron chi connectivity index (χ2n) is 6.08. The third kappa shape index (κ3) is 6.93. The molecule has 4 heteroatoms. The monoisotopic (exact) mass is 357 g/mol. The van der Waals surface area contributed by atoms with Gasteiger partial charge in [0, 0.05) is 0 Å². The Morgan fingerprint density at radius 2 is 1.76 bits per heavy atom. The zero-order chi connectivity index (χ0) is 20.0. The lowest BCUT2D eigenvalue weighted by atomic mass is 9.72. The Bertz CT molecular complexity index is 410. The Kier molecular flexibility index (Phi) is 14.7. The first-order valence-electron chi connectivity index (χ1n) is 9.66. The summed E-state index contributed by atoms with van der Waals surface area (Å²) in [4.78, 5) is 13.4. The molecule has 0 amide bonds. The van der Waals surface area contributed by atoms with Gasteiger partial charge < -0.3 is 10.0 Å². The van der Waals surface area contributed by atoms with Crippen molar-refractivity contribution in [3.05, 3.63) is 23.8 Å². The van der Waals surface area contributed by atoms with Crippen LogP contribution in [0.1, 0.15) is 66.7 Å². The van der Waals surface area contributed by atoms with Gasteiger partial charge in [0.1, 0.15) is 0 Å². The van der Waals surface area contributed by atoms with Crippen LogP contribution in [0.3, 0.4) is 0 Å². The number of hydrogen-bond donors (Lipinski definition) is 1. The minimum atomic E-state index is -0.677. The molecule has 3 nitrogen and oxygen atoms in total. The molecule has 1 atom stereocenters. The van der Waals surface area contributed by atoms with Crippen molar-refractivity contribution < 1.29 is 14.3 Å². The molecule has 2 rings (SSSR count). The quantitative estimate of drug-likeness (QED) is 0.699. The fourth-order valence-corrected chi connectivity index (χ4v) is 4.02. The molecule has 1 saturated heterocycles. The number of carboxylic acids is 1. The number of piperidine rings is 1. The highest BCUT2D eigenvalue weighted by molar-refractivity contribution is 5.68. The van der Waals surface area contributed by atoms with Crippen LogP contribution in [0.15, 0.2) is 23.8 Å². The van der Waals surface area contributed by atoms with Crippen LogP contribution in [0.25, 0.3) is 0 Å². The average molecular weight is 358 g/mol. The fourth-order valence-electron chi connectivity index (χ4n) is 4.02. The summed E-state index contributed by atoms with van der Waals surface area (Å²) in [7, 11) is 2.66. The lowest BCUT2D eigenvalue weighted by molar-refractivity contribution is -0.137. The number of alkyl halides is 1. The summed E-state index contributed by atoms with van der Waals surface area (Å²) in [6, 6.07) is 0. The number of likely N-dealkylation sites (tertiary alicyclic amines) is 1. The van der Waals surface area contributed by atoms with Crippen LogP contribution < -0.4 is 0 Å². The van der Waals surface area contributed by atoms with Crippen molar-refractivity contribution in [1.29, 1.82) is 0 Å². The van der Waals surface area contributed by atoms with E-state index in [0.717, 1.165) is 38.8 Å². The van der Waals surface area contributed by atoms with Crippen molar-refractivity contribution in [1.82, 2.24) is 4.90 Å². The molecule has 2 aliphatic rings. The van der Waals surface area contributed by atoms with Gasteiger partial charge in [0.25, 0.3) is 0 Å². The molecule has 1 aliphatic heterocycles. The number of carbonyl (C=O) groups is 1. The second kappa shape index (κ2) is 14.1. The topological polar surface area (TPSA) is 40.5 Å². The zero-order valence-electron chi connectivity index (χ0n) is 17.5. The summed E-state index contributed by atoms with van der Waals surface area (Å²) in [5, 5.41) is 9.12. The van der Waals surface area contributed by atoms with Gasteiger partial charge in [-0.2, -0.15) is 0 Å². The SMILES string of the molecule is C=CC1=C(CC)C(CC(=O)O)CC12CCN(C)CC2.CC.CC.CF. The zero-order valence-corrected chi connectivity index (χ0v) is 17.5. The van der Waals surface area contributed by atoms with E-state index in [9.17, 15) is 9.18 Å². The lowest BCUT2D eigenvalue weighted by Gasteiger charge is -2.39. The first-order valence-corrected chi connectivity index (χ1v) is 9.66. The Hall–Kier alpha value is -1.16. The van der Waals surface area contributed by atoms with Gasteiger partial charge in [-0.3, -0.25) is 9.18 Å². The van der Waals surface area contributed by atoms with E-state index < -0.39 is 5.97 Å². The molecule has 0 radical (unpaired) electrons. The fraction of sp³-hybridized carbons (Fsp3) is 0.762. The highest BCUT2D eigenvalue weighted by atomic mass is 19.1. The van der Waals surface area contributed by atoms with Gasteiger partial charge in [-0.1, -0.05) is 52.8 Å². The van der Waals surface area contributed by atoms with E-state index in [-0.39, 0.29) is 17.8 Å². The van der Waals surface area contributed by atoms with E-state index in [1.165, 1.54) is 11.1 Å². The van der Waals surface area contributed by atoms with E-state index in [1.807, 2.05) is 33.8 Å². The van der Waals surface area contributed by atoms with Gasteiger partial charge in [-0.05, 0) is 62.7 Å². The number of hydrogen-bond acceptors (Lipinski definition) is 2. The maximum absolute atomic E-state index is 11.1. The van der Waals surface area contributed by atoms with Crippen LogP contribution in [0.5, 0.6) is 0 Å². The smallest absolute Gasteiger partial charge is 0.303 e. The Balaban J connectivity index is 0. The number of halogens is 1. The predicted molar refractivity (Wildman–Crippen MR) is 107 cm³/mol. The van der Waals surface area contributed by atoms with Gasteiger partial charge in [-0.25, -0.2) is 0 Å². The molecule has 1 spiro atoms. The van der Waals surface area contributed by atoms with Crippen LogP contribution >= 0.6 is 0 Å². The van der Waals surface area contributed by atoms with Gasteiger partial charge in [0.05, 0.1) is 13.6 Å². The molecule has 1 fully saturated rings. The summed E-state index contributed by atoms with van der Waals surface area (Å²) in [5.41, 5.74) is 2.93. The molecule has 0 aromatic carbocycles. The van der Waals surface area contributed by atoms with E-state index in [0.29, 0.717) is 7.18 Å². The molecular weight excluding hydrogens is 317 g/mol. The molecular formula is C21H40FNO2. The molecule has 1 unspecified atom stereocenters. The summed E-state index contributed by atoms with van der Waals surface area (Å²) in [6.07, 6.45) is 6.54. The van der Waals surface area contributed by atoms with Crippen molar-refractivity contribution >= 4 is 5.97 Å².